The number of hydrogen-bond donors (Lipinski definition) is 4. The molecule has 0 saturated heterocycles. The lowest BCUT2D eigenvalue weighted by Gasteiger charge is -2.20. The molecule has 156 valence electrons. The van der Waals surface area contributed by atoms with Crippen molar-refractivity contribution in [3.63, 3.8) is 0 Å². The number of guanidine groups is 1. The summed E-state index contributed by atoms with van der Waals surface area (Å²) in [5.74, 6) is 0.788. The molecule has 1 saturated carbocycles. The highest BCUT2D eigenvalue weighted by Crippen LogP contribution is 2.24. The Hall–Kier alpha value is -2.08. The van der Waals surface area contributed by atoms with E-state index in [0.29, 0.717) is 25.0 Å². The third kappa shape index (κ3) is 7.89. The number of aliphatic hydroxyl groups is 1. The number of nitrogens with one attached hydrogen (secondary N) is 3. The van der Waals surface area contributed by atoms with Gasteiger partial charge in [0, 0.05) is 25.6 Å². The molecule has 28 heavy (non-hydrogen) atoms. The molecule has 1 unspecified atom stereocenters. The first-order valence-electron chi connectivity index (χ1n) is 10.4. The van der Waals surface area contributed by atoms with E-state index in [2.05, 4.69) is 53.8 Å². The number of benzene rings is 1. The molecule has 2 rings (SSSR count). The smallest absolute Gasteiger partial charge is 0.220 e. The molecule has 1 aromatic rings. The number of nitrogens with zero attached hydrogens (tertiary/aromatic N) is 1. The van der Waals surface area contributed by atoms with Crippen LogP contribution in [0.3, 0.4) is 0 Å². The number of aliphatic hydroxyl groups excluding tert-OH is 1. The van der Waals surface area contributed by atoms with Crippen LogP contribution in [0.5, 0.6) is 0 Å². The first-order valence-corrected chi connectivity index (χ1v) is 10.4. The number of carbonyl (C=O) groups is 1. The van der Waals surface area contributed by atoms with Gasteiger partial charge in [-0.1, -0.05) is 45.0 Å². The van der Waals surface area contributed by atoms with Crippen LogP contribution in [0.15, 0.2) is 29.3 Å². The zero-order valence-corrected chi connectivity index (χ0v) is 17.7. The number of aliphatic imine (C=N–C) groups is 1. The van der Waals surface area contributed by atoms with Gasteiger partial charge in [0.2, 0.25) is 5.91 Å². The largest absolute Gasteiger partial charge is 0.386 e. The second kappa shape index (κ2) is 10.5. The number of carbonyl (C=O) groups excluding carboxylic acids is 1. The Balaban J connectivity index is 1.78. The monoisotopic (exact) mass is 388 g/mol. The molecule has 1 fully saturated rings. The zero-order chi connectivity index (χ0) is 20.6. The van der Waals surface area contributed by atoms with Crippen molar-refractivity contribution in [1.29, 1.82) is 0 Å². The molecule has 0 heterocycles. The van der Waals surface area contributed by atoms with Crippen molar-refractivity contribution in [2.75, 3.05) is 19.6 Å². The van der Waals surface area contributed by atoms with Gasteiger partial charge < -0.3 is 21.1 Å². The standard InChI is InChI=1S/C22H36N4O2/c1-5-23-21(24-14-6-7-20(28)26-18-12-13-18)25-15-19(27)16-8-10-17(11-9-16)22(2,3)4/h8-11,18-19,27H,5-7,12-15H2,1-4H3,(H,26,28)(H2,23,24,25). The zero-order valence-electron chi connectivity index (χ0n) is 17.7. The van der Waals surface area contributed by atoms with Gasteiger partial charge in [-0.15, -0.1) is 0 Å². The van der Waals surface area contributed by atoms with Gasteiger partial charge in [-0.2, -0.15) is 0 Å². The normalized spacial score (nSPS) is 15.8. The molecule has 6 nitrogen and oxygen atoms in total. The molecule has 4 N–H and O–H groups in total. The third-order valence-electron chi connectivity index (χ3n) is 4.74. The van der Waals surface area contributed by atoms with E-state index >= 15 is 0 Å². The quantitative estimate of drug-likeness (QED) is 0.298. The molecular formula is C22H36N4O2. The summed E-state index contributed by atoms with van der Waals surface area (Å²) in [6.45, 7) is 10.2. The summed E-state index contributed by atoms with van der Waals surface area (Å²) < 4.78 is 0. The van der Waals surface area contributed by atoms with E-state index in [1.807, 2.05) is 19.1 Å². The van der Waals surface area contributed by atoms with Crippen molar-refractivity contribution in [2.45, 2.75) is 70.9 Å². The molecule has 0 aliphatic heterocycles. The highest BCUT2D eigenvalue weighted by atomic mass is 16.3. The summed E-state index contributed by atoms with van der Waals surface area (Å²) in [7, 11) is 0. The van der Waals surface area contributed by atoms with E-state index in [9.17, 15) is 9.90 Å². The Morgan fingerprint density at radius 2 is 1.89 bits per heavy atom. The fourth-order valence-electron chi connectivity index (χ4n) is 2.81. The maximum absolute atomic E-state index is 11.7. The molecule has 0 bridgehead atoms. The van der Waals surface area contributed by atoms with E-state index in [4.69, 9.17) is 0 Å². The van der Waals surface area contributed by atoms with Gasteiger partial charge in [-0.3, -0.25) is 9.79 Å². The van der Waals surface area contributed by atoms with Gasteiger partial charge in [0.1, 0.15) is 0 Å². The Bertz CT molecular complexity index is 645. The average molecular weight is 389 g/mol. The molecule has 1 aromatic carbocycles. The first-order chi connectivity index (χ1) is 13.3. The topological polar surface area (TPSA) is 85.8 Å². The highest BCUT2D eigenvalue weighted by molar-refractivity contribution is 5.80. The lowest BCUT2D eigenvalue weighted by atomic mass is 9.86. The van der Waals surface area contributed by atoms with Gasteiger partial charge in [-0.25, -0.2) is 0 Å². The lowest BCUT2D eigenvalue weighted by Crippen LogP contribution is -2.38. The number of rotatable bonds is 9. The Labute approximate surface area is 169 Å². The summed E-state index contributed by atoms with van der Waals surface area (Å²) in [6.07, 6.45) is 2.85. The van der Waals surface area contributed by atoms with Crippen LogP contribution < -0.4 is 16.0 Å². The van der Waals surface area contributed by atoms with Crippen molar-refractivity contribution in [1.82, 2.24) is 16.0 Å². The van der Waals surface area contributed by atoms with Crippen molar-refractivity contribution >= 4 is 11.9 Å². The molecular weight excluding hydrogens is 352 g/mol. The predicted octanol–water partition coefficient (Wildman–Crippen LogP) is 2.63. The maximum Gasteiger partial charge on any atom is 0.220 e. The van der Waals surface area contributed by atoms with Gasteiger partial charge in [0.15, 0.2) is 5.96 Å². The SMILES string of the molecule is CCNC(=NCC(O)c1ccc(C(C)(C)C)cc1)NCCCC(=O)NC1CC1. The van der Waals surface area contributed by atoms with Crippen molar-refractivity contribution < 1.29 is 9.90 Å². The van der Waals surface area contributed by atoms with Crippen LogP contribution in [0, 0.1) is 0 Å². The lowest BCUT2D eigenvalue weighted by molar-refractivity contribution is -0.121. The summed E-state index contributed by atoms with van der Waals surface area (Å²) in [5, 5.41) is 19.8. The summed E-state index contributed by atoms with van der Waals surface area (Å²) in [5.41, 5.74) is 2.20. The Morgan fingerprint density at radius 1 is 1.21 bits per heavy atom. The molecule has 1 amide bonds. The Morgan fingerprint density at radius 3 is 2.46 bits per heavy atom. The second-order valence-corrected chi connectivity index (χ2v) is 8.48. The van der Waals surface area contributed by atoms with Crippen LogP contribution >= 0.6 is 0 Å². The molecule has 1 atom stereocenters. The fraction of sp³-hybridized carbons (Fsp3) is 0.636. The predicted molar refractivity (Wildman–Crippen MR) is 114 cm³/mol. The van der Waals surface area contributed by atoms with Crippen molar-refractivity contribution in [3.8, 4) is 0 Å². The fourth-order valence-corrected chi connectivity index (χ4v) is 2.81. The van der Waals surface area contributed by atoms with E-state index < -0.39 is 6.10 Å². The van der Waals surface area contributed by atoms with Gasteiger partial charge in [0.05, 0.1) is 12.6 Å². The average Bonchev–Trinajstić information content (AvgIpc) is 3.46. The van der Waals surface area contributed by atoms with E-state index in [-0.39, 0.29) is 17.9 Å². The van der Waals surface area contributed by atoms with Gasteiger partial charge in [-0.05, 0) is 42.7 Å². The third-order valence-corrected chi connectivity index (χ3v) is 4.74. The summed E-state index contributed by atoms with van der Waals surface area (Å²) in [4.78, 5) is 16.2. The van der Waals surface area contributed by atoms with Crippen molar-refractivity contribution in [3.05, 3.63) is 35.4 Å². The minimum atomic E-state index is -0.645. The van der Waals surface area contributed by atoms with E-state index in [1.54, 1.807) is 0 Å². The minimum Gasteiger partial charge on any atom is -0.386 e. The summed E-state index contributed by atoms with van der Waals surface area (Å²) in [6, 6.07) is 8.49. The molecule has 1 aliphatic rings. The molecule has 1 aliphatic carbocycles. The highest BCUT2D eigenvalue weighted by Gasteiger charge is 2.22. The van der Waals surface area contributed by atoms with E-state index in [1.165, 1.54) is 5.56 Å². The van der Waals surface area contributed by atoms with Gasteiger partial charge >= 0.3 is 0 Å². The minimum absolute atomic E-state index is 0.0966. The summed E-state index contributed by atoms with van der Waals surface area (Å²) >= 11 is 0. The molecule has 0 aromatic heterocycles. The van der Waals surface area contributed by atoms with Crippen LogP contribution in [0.2, 0.25) is 0 Å². The number of amides is 1. The van der Waals surface area contributed by atoms with Crippen LogP contribution in [0.1, 0.15) is 70.6 Å². The Kier molecular flexibility index (Phi) is 8.30. The molecule has 6 heteroatoms. The van der Waals surface area contributed by atoms with Crippen molar-refractivity contribution in [2.24, 2.45) is 4.99 Å². The van der Waals surface area contributed by atoms with Crippen LogP contribution in [-0.4, -0.2) is 42.6 Å². The maximum atomic E-state index is 11.7. The van der Waals surface area contributed by atoms with Crippen LogP contribution in [0.4, 0.5) is 0 Å². The van der Waals surface area contributed by atoms with E-state index in [0.717, 1.165) is 31.4 Å². The first kappa shape index (κ1) is 22.2. The molecule has 0 radical (unpaired) electrons. The second-order valence-electron chi connectivity index (χ2n) is 8.48. The van der Waals surface area contributed by atoms with Gasteiger partial charge in [0.25, 0.3) is 0 Å². The van der Waals surface area contributed by atoms with Crippen LogP contribution in [0.25, 0.3) is 0 Å². The molecule has 0 spiro atoms. The van der Waals surface area contributed by atoms with Crippen LogP contribution in [-0.2, 0) is 10.2 Å². The number of hydrogen-bond acceptors (Lipinski definition) is 3.